The summed E-state index contributed by atoms with van der Waals surface area (Å²) in [6, 6.07) is 3.55. The summed E-state index contributed by atoms with van der Waals surface area (Å²) in [5.74, 6) is 1.41. The van der Waals surface area contributed by atoms with Gasteiger partial charge >= 0.3 is 0 Å². The Balaban J connectivity index is 1.46. The molecule has 0 spiro atoms. The molecule has 1 amide bonds. The smallest absolute Gasteiger partial charge is 0.253 e. The van der Waals surface area contributed by atoms with Crippen molar-refractivity contribution in [2.45, 2.75) is 26.2 Å². The van der Waals surface area contributed by atoms with Crippen molar-refractivity contribution in [2.75, 3.05) is 13.1 Å². The van der Waals surface area contributed by atoms with Crippen LogP contribution in [0.25, 0.3) is 11.4 Å². The molecule has 4 heterocycles. The maximum Gasteiger partial charge on any atom is 0.253 e. The number of likely N-dealkylation sites (tertiary alicyclic amines) is 1. The van der Waals surface area contributed by atoms with Crippen molar-refractivity contribution in [3.8, 4) is 11.4 Å². The van der Waals surface area contributed by atoms with Crippen molar-refractivity contribution in [2.24, 2.45) is 13.0 Å². The van der Waals surface area contributed by atoms with Gasteiger partial charge in [-0.3, -0.25) is 14.8 Å². The number of carbonyl (C=O) groups excluding carboxylic acids is 1. The Morgan fingerprint density at radius 1 is 1.18 bits per heavy atom. The minimum atomic E-state index is 0.0808. The zero-order valence-corrected chi connectivity index (χ0v) is 16.2. The van der Waals surface area contributed by atoms with Crippen LogP contribution in [0.15, 0.2) is 43.1 Å². The van der Waals surface area contributed by atoms with Gasteiger partial charge in [-0.2, -0.15) is 0 Å². The lowest BCUT2D eigenvalue weighted by Crippen LogP contribution is -2.40. The molecule has 1 aliphatic rings. The van der Waals surface area contributed by atoms with E-state index in [2.05, 4.69) is 15.0 Å². The summed E-state index contributed by atoms with van der Waals surface area (Å²) in [6.07, 6.45) is 11.7. The van der Waals surface area contributed by atoms with Crippen molar-refractivity contribution < 1.29 is 4.79 Å². The van der Waals surface area contributed by atoms with Crippen LogP contribution in [0, 0.1) is 12.8 Å². The van der Waals surface area contributed by atoms with Gasteiger partial charge < -0.3 is 9.47 Å². The fraction of sp³-hybridized carbons (Fsp3) is 0.381. The van der Waals surface area contributed by atoms with E-state index in [1.54, 1.807) is 30.7 Å². The van der Waals surface area contributed by atoms with Crippen LogP contribution < -0.4 is 0 Å². The lowest BCUT2D eigenvalue weighted by molar-refractivity contribution is 0.0672. The highest BCUT2D eigenvalue weighted by molar-refractivity contribution is 5.94. The largest absolute Gasteiger partial charge is 0.338 e. The Bertz CT molecular complexity index is 968. The molecule has 28 heavy (non-hydrogen) atoms. The fourth-order valence-corrected chi connectivity index (χ4v) is 3.76. The standard InChI is InChI=1S/C21H24N6O/c1-15-24-13-20(26(15)2)19-12-23-11-18(25-19)10-16-4-3-9-27(14-16)21(28)17-5-7-22-8-6-17/h5-8,11-13,16H,3-4,9-10,14H2,1-2H3/t16-/m1/s1. The number of pyridine rings is 1. The summed E-state index contributed by atoms with van der Waals surface area (Å²) < 4.78 is 2.02. The Morgan fingerprint density at radius 2 is 2.00 bits per heavy atom. The molecule has 144 valence electrons. The van der Waals surface area contributed by atoms with Crippen molar-refractivity contribution in [3.05, 3.63) is 60.2 Å². The van der Waals surface area contributed by atoms with Crippen LogP contribution in [0.4, 0.5) is 0 Å². The quantitative estimate of drug-likeness (QED) is 0.700. The van der Waals surface area contributed by atoms with Crippen molar-refractivity contribution in [1.29, 1.82) is 0 Å². The molecule has 0 unspecified atom stereocenters. The van der Waals surface area contributed by atoms with Gasteiger partial charge in [0.25, 0.3) is 5.91 Å². The second-order valence-corrected chi connectivity index (χ2v) is 7.34. The molecule has 1 aliphatic heterocycles. The van der Waals surface area contributed by atoms with Gasteiger partial charge in [-0.15, -0.1) is 0 Å². The van der Waals surface area contributed by atoms with Crippen LogP contribution in [0.5, 0.6) is 0 Å². The number of rotatable bonds is 4. The maximum atomic E-state index is 12.7. The van der Waals surface area contributed by atoms with E-state index < -0.39 is 0 Å². The van der Waals surface area contributed by atoms with E-state index in [1.807, 2.05) is 35.8 Å². The third kappa shape index (κ3) is 3.78. The van der Waals surface area contributed by atoms with E-state index in [0.29, 0.717) is 11.5 Å². The van der Waals surface area contributed by atoms with Gasteiger partial charge in [0.15, 0.2) is 0 Å². The van der Waals surface area contributed by atoms with Crippen LogP contribution in [0.2, 0.25) is 0 Å². The molecule has 0 saturated carbocycles. The highest BCUT2D eigenvalue weighted by atomic mass is 16.2. The van der Waals surface area contributed by atoms with Crippen LogP contribution in [0.1, 0.15) is 34.7 Å². The number of nitrogens with zero attached hydrogens (tertiary/aromatic N) is 6. The lowest BCUT2D eigenvalue weighted by Gasteiger charge is -2.32. The van der Waals surface area contributed by atoms with E-state index >= 15 is 0 Å². The minimum absolute atomic E-state index is 0.0808. The molecule has 0 bridgehead atoms. The van der Waals surface area contributed by atoms with Gasteiger partial charge in [0.05, 0.1) is 23.8 Å². The molecule has 3 aromatic rings. The number of aromatic nitrogens is 5. The Morgan fingerprint density at radius 3 is 2.75 bits per heavy atom. The summed E-state index contributed by atoms with van der Waals surface area (Å²) in [5.41, 5.74) is 3.45. The summed E-state index contributed by atoms with van der Waals surface area (Å²) in [6.45, 7) is 3.52. The van der Waals surface area contributed by atoms with Gasteiger partial charge in [0, 0.05) is 44.3 Å². The van der Waals surface area contributed by atoms with Gasteiger partial charge in [-0.25, -0.2) is 9.97 Å². The molecular weight excluding hydrogens is 352 g/mol. The van der Waals surface area contributed by atoms with E-state index in [1.165, 1.54) is 0 Å². The molecule has 0 aliphatic carbocycles. The topological polar surface area (TPSA) is 76.8 Å². The molecule has 7 heteroatoms. The summed E-state index contributed by atoms with van der Waals surface area (Å²) in [7, 11) is 1.98. The highest BCUT2D eigenvalue weighted by Crippen LogP contribution is 2.23. The molecule has 7 nitrogen and oxygen atoms in total. The lowest BCUT2D eigenvalue weighted by atomic mass is 9.93. The zero-order valence-electron chi connectivity index (χ0n) is 16.2. The maximum absolute atomic E-state index is 12.7. The Hall–Kier alpha value is -3.09. The van der Waals surface area contributed by atoms with Crippen LogP contribution in [0.3, 0.4) is 0 Å². The van der Waals surface area contributed by atoms with Crippen LogP contribution >= 0.6 is 0 Å². The third-order valence-corrected chi connectivity index (χ3v) is 5.40. The van der Waals surface area contributed by atoms with Gasteiger partial charge in [0.1, 0.15) is 11.5 Å². The average Bonchev–Trinajstić information content (AvgIpc) is 3.07. The second kappa shape index (κ2) is 7.88. The number of aryl methyl sites for hydroxylation is 1. The summed E-state index contributed by atoms with van der Waals surface area (Å²) in [4.78, 5) is 32.2. The SMILES string of the molecule is Cc1ncc(-c2cncc(C[C@H]3CCCN(C(=O)c4ccncc4)C3)n2)n1C. The van der Waals surface area contributed by atoms with Crippen LogP contribution in [-0.2, 0) is 13.5 Å². The van der Waals surface area contributed by atoms with E-state index in [-0.39, 0.29) is 5.91 Å². The summed E-state index contributed by atoms with van der Waals surface area (Å²) >= 11 is 0. The predicted molar refractivity (Wildman–Crippen MR) is 106 cm³/mol. The molecular formula is C21H24N6O. The van der Waals surface area contributed by atoms with E-state index in [9.17, 15) is 4.79 Å². The molecule has 1 fully saturated rings. The normalized spacial score (nSPS) is 16.9. The molecule has 1 atom stereocenters. The molecule has 0 N–H and O–H groups in total. The van der Waals surface area contributed by atoms with E-state index in [0.717, 1.165) is 55.3 Å². The number of hydrogen-bond donors (Lipinski definition) is 0. The predicted octanol–water partition coefficient (Wildman–Crippen LogP) is 2.68. The average molecular weight is 376 g/mol. The Labute approximate surface area is 164 Å². The van der Waals surface area contributed by atoms with E-state index in [4.69, 9.17) is 4.98 Å². The van der Waals surface area contributed by atoms with Gasteiger partial charge in [0.2, 0.25) is 0 Å². The van der Waals surface area contributed by atoms with Crippen molar-refractivity contribution >= 4 is 5.91 Å². The number of imidazole rings is 1. The second-order valence-electron chi connectivity index (χ2n) is 7.34. The Kier molecular flexibility index (Phi) is 5.14. The first-order valence-electron chi connectivity index (χ1n) is 9.60. The number of carbonyl (C=O) groups is 1. The van der Waals surface area contributed by atoms with Crippen molar-refractivity contribution in [1.82, 2.24) is 29.4 Å². The highest BCUT2D eigenvalue weighted by Gasteiger charge is 2.25. The van der Waals surface area contributed by atoms with Gasteiger partial charge in [-0.05, 0) is 44.2 Å². The summed E-state index contributed by atoms with van der Waals surface area (Å²) in [5, 5.41) is 0. The first-order chi connectivity index (χ1) is 13.6. The van der Waals surface area contributed by atoms with Gasteiger partial charge in [-0.1, -0.05) is 0 Å². The molecule has 0 radical (unpaired) electrons. The fourth-order valence-electron chi connectivity index (χ4n) is 3.76. The van der Waals surface area contributed by atoms with Crippen LogP contribution in [-0.4, -0.2) is 48.4 Å². The number of amides is 1. The molecule has 0 aromatic carbocycles. The first-order valence-corrected chi connectivity index (χ1v) is 9.60. The first kappa shape index (κ1) is 18.3. The minimum Gasteiger partial charge on any atom is -0.338 e. The zero-order chi connectivity index (χ0) is 19.5. The number of piperidine rings is 1. The molecule has 4 rings (SSSR count). The monoisotopic (exact) mass is 376 g/mol. The number of hydrogen-bond acceptors (Lipinski definition) is 5. The molecule has 3 aromatic heterocycles. The van der Waals surface area contributed by atoms with Crippen molar-refractivity contribution in [3.63, 3.8) is 0 Å². The third-order valence-electron chi connectivity index (χ3n) is 5.40. The molecule has 1 saturated heterocycles.